The lowest BCUT2D eigenvalue weighted by molar-refractivity contribution is 0.0734. The first-order chi connectivity index (χ1) is 15.8. The van der Waals surface area contributed by atoms with Gasteiger partial charge in [0.15, 0.2) is 17.3 Å². The van der Waals surface area contributed by atoms with Crippen LogP contribution in [0.2, 0.25) is 0 Å². The van der Waals surface area contributed by atoms with Gasteiger partial charge in [0.05, 0.1) is 17.7 Å². The van der Waals surface area contributed by atoms with Gasteiger partial charge in [-0.25, -0.2) is 9.18 Å². The van der Waals surface area contributed by atoms with Gasteiger partial charge >= 0.3 is 5.97 Å². The van der Waals surface area contributed by atoms with Crippen LogP contribution in [0.15, 0.2) is 54.6 Å². The summed E-state index contributed by atoms with van der Waals surface area (Å²) >= 11 is 0. The molecule has 0 saturated carbocycles. The third-order valence-electron chi connectivity index (χ3n) is 4.99. The van der Waals surface area contributed by atoms with E-state index in [4.69, 9.17) is 9.47 Å². The molecule has 0 spiro atoms. The highest BCUT2D eigenvalue weighted by Gasteiger charge is 2.19. The predicted octanol–water partition coefficient (Wildman–Crippen LogP) is 5.67. The Hall–Kier alpha value is -3.74. The van der Waals surface area contributed by atoms with Gasteiger partial charge in [0.2, 0.25) is 5.82 Å². The number of carbonyl (C=O) groups is 2. The molecular formula is C26H24F2O5. The number of carbonyl (C=O) groups excluding carboxylic acids is 2. The molecule has 172 valence electrons. The smallest absolute Gasteiger partial charge is 0.343 e. The van der Waals surface area contributed by atoms with Gasteiger partial charge < -0.3 is 14.6 Å². The van der Waals surface area contributed by atoms with Crippen molar-refractivity contribution in [1.82, 2.24) is 0 Å². The zero-order chi connectivity index (χ0) is 24.0. The Bertz CT molecular complexity index is 1160. The average molecular weight is 454 g/mol. The van der Waals surface area contributed by atoms with E-state index >= 15 is 0 Å². The van der Waals surface area contributed by atoms with E-state index in [-0.39, 0.29) is 35.7 Å². The van der Waals surface area contributed by atoms with Crippen molar-refractivity contribution >= 4 is 11.8 Å². The lowest BCUT2D eigenvalue weighted by Gasteiger charge is -2.10. The van der Waals surface area contributed by atoms with Gasteiger partial charge in [-0.15, -0.1) is 0 Å². The van der Waals surface area contributed by atoms with Crippen LogP contribution in [0.3, 0.4) is 0 Å². The molecule has 1 N–H and O–H groups in total. The summed E-state index contributed by atoms with van der Waals surface area (Å²) in [7, 11) is 0. The first-order valence-electron chi connectivity index (χ1n) is 10.6. The van der Waals surface area contributed by atoms with E-state index in [1.807, 2.05) is 6.92 Å². The molecule has 0 amide bonds. The fourth-order valence-corrected chi connectivity index (χ4v) is 3.31. The third kappa shape index (κ3) is 5.74. The summed E-state index contributed by atoms with van der Waals surface area (Å²) in [4.78, 5) is 24.9. The van der Waals surface area contributed by atoms with Gasteiger partial charge in [0.25, 0.3) is 0 Å². The molecule has 5 nitrogen and oxygen atoms in total. The van der Waals surface area contributed by atoms with E-state index in [0.29, 0.717) is 17.5 Å². The van der Waals surface area contributed by atoms with E-state index in [1.54, 1.807) is 31.2 Å². The number of esters is 1. The third-order valence-corrected chi connectivity index (χ3v) is 4.99. The fourth-order valence-electron chi connectivity index (χ4n) is 3.31. The lowest BCUT2D eigenvalue weighted by atomic mass is 10.0. The number of ether oxygens (including phenoxy) is 2. The minimum atomic E-state index is -0.986. The number of aromatic hydroxyl groups is 1. The van der Waals surface area contributed by atoms with Crippen LogP contribution in [0.1, 0.15) is 52.1 Å². The maximum absolute atomic E-state index is 14.2. The molecule has 0 aromatic heterocycles. The summed E-state index contributed by atoms with van der Waals surface area (Å²) in [5.74, 6) is -3.36. The van der Waals surface area contributed by atoms with E-state index in [0.717, 1.165) is 6.42 Å². The number of halogens is 2. The highest BCUT2D eigenvalue weighted by Crippen LogP contribution is 2.30. The van der Waals surface area contributed by atoms with E-state index in [1.165, 1.54) is 30.3 Å². The average Bonchev–Trinajstić information content (AvgIpc) is 2.79. The predicted molar refractivity (Wildman–Crippen MR) is 119 cm³/mol. The molecule has 0 heterocycles. The summed E-state index contributed by atoms with van der Waals surface area (Å²) < 4.78 is 38.5. The Labute approximate surface area is 190 Å². The molecule has 0 unspecified atom stereocenters. The van der Waals surface area contributed by atoms with Crippen LogP contribution in [0.25, 0.3) is 0 Å². The standard InChI is InChI=1S/C26H24F2O5/c1-3-5-17-10-11-19(15-21(17)27)33-26(31)18-8-6-16(7-9-18)14-22(29)20-12-13-23(32-4-2)24(28)25(20)30/h6-13,15,30H,3-5,14H2,1-2H3. The second-order valence-electron chi connectivity index (χ2n) is 7.40. The second-order valence-corrected chi connectivity index (χ2v) is 7.40. The fraction of sp³-hybridized carbons (Fsp3) is 0.231. The maximum atomic E-state index is 14.2. The number of phenolic OH excluding ortho intramolecular Hbond substituents is 1. The minimum Gasteiger partial charge on any atom is -0.504 e. The van der Waals surface area contributed by atoms with Crippen LogP contribution in [0.5, 0.6) is 17.2 Å². The summed E-state index contributed by atoms with van der Waals surface area (Å²) in [6.07, 6.45) is 1.29. The number of aryl methyl sites for hydroxylation is 1. The molecule has 0 aliphatic carbocycles. The van der Waals surface area contributed by atoms with E-state index < -0.39 is 29.1 Å². The summed E-state index contributed by atoms with van der Waals surface area (Å²) in [6, 6.07) is 13.0. The topological polar surface area (TPSA) is 72.8 Å². The van der Waals surface area contributed by atoms with Crippen molar-refractivity contribution in [1.29, 1.82) is 0 Å². The number of hydrogen-bond donors (Lipinski definition) is 1. The van der Waals surface area contributed by atoms with Crippen LogP contribution >= 0.6 is 0 Å². The SMILES string of the molecule is CCCc1ccc(OC(=O)c2ccc(CC(=O)c3ccc(OCC)c(F)c3O)cc2)cc1F. The van der Waals surface area contributed by atoms with E-state index in [2.05, 4.69) is 0 Å². The van der Waals surface area contributed by atoms with Gasteiger partial charge in [0.1, 0.15) is 11.6 Å². The minimum absolute atomic E-state index is 0.101. The Balaban J connectivity index is 1.66. The molecule has 0 atom stereocenters. The van der Waals surface area contributed by atoms with Crippen molar-refractivity contribution in [3.05, 3.63) is 88.5 Å². The summed E-state index contributed by atoms with van der Waals surface area (Å²) in [6.45, 7) is 3.85. The number of benzene rings is 3. The van der Waals surface area contributed by atoms with Crippen LogP contribution < -0.4 is 9.47 Å². The Morgan fingerprint density at radius 2 is 1.70 bits per heavy atom. The zero-order valence-corrected chi connectivity index (χ0v) is 18.4. The Morgan fingerprint density at radius 1 is 0.970 bits per heavy atom. The number of hydrogen-bond acceptors (Lipinski definition) is 5. The van der Waals surface area contributed by atoms with Crippen LogP contribution in [0, 0.1) is 11.6 Å². The molecule has 3 aromatic rings. The zero-order valence-electron chi connectivity index (χ0n) is 18.4. The van der Waals surface area contributed by atoms with Gasteiger partial charge in [-0.05, 0) is 54.8 Å². The molecule has 0 saturated heterocycles. The van der Waals surface area contributed by atoms with Crippen molar-refractivity contribution in [3.8, 4) is 17.2 Å². The summed E-state index contributed by atoms with van der Waals surface area (Å²) in [5.41, 5.74) is 1.18. The van der Waals surface area contributed by atoms with Gasteiger partial charge in [-0.1, -0.05) is 31.5 Å². The van der Waals surface area contributed by atoms with E-state index in [9.17, 15) is 23.5 Å². The molecular weight excluding hydrogens is 430 g/mol. The molecule has 0 aliphatic rings. The van der Waals surface area contributed by atoms with Crippen molar-refractivity contribution in [2.75, 3.05) is 6.61 Å². The molecule has 33 heavy (non-hydrogen) atoms. The number of Topliss-reactive ketones (excluding diaryl/α,β-unsaturated/α-hetero) is 1. The van der Waals surface area contributed by atoms with Gasteiger partial charge in [0, 0.05) is 12.5 Å². The molecule has 0 bridgehead atoms. The normalized spacial score (nSPS) is 10.7. The van der Waals surface area contributed by atoms with Crippen LogP contribution in [0.4, 0.5) is 8.78 Å². The quantitative estimate of drug-likeness (QED) is 0.256. The highest BCUT2D eigenvalue weighted by atomic mass is 19.1. The number of phenols is 1. The monoisotopic (exact) mass is 454 g/mol. The molecule has 0 radical (unpaired) electrons. The van der Waals surface area contributed by atoms with Crippen molar-refractivity contribution < 1.29 is 33.0 Å². The Kier molecular flexibility index (Phi) is 7.77. The van der Waals surface area contributed by atoms with Crippen molar-refractivity contribution in [3.63, 3.8) is 0 Å². The van der Waals surface area contributed by atoms with Crippen LogP contribution in [-0.4, -0.2) is 23.5 Å². The highest BCUT2D eigenvalue weighted by molar-refractivity contribution is 6.00. The molecule has 0 fully saturated rings. The van der Waals surface area contributed by atoms with Crippen LogP contribution in [-0.2, 0) is 12.8 Å². The van der Waals surface area contributed by atoms with Crippen molar-refractivity contribution in [2.24, 2.45) is 0 Å². The van der Waals surface area contributed by atoms with Gasteiger partial charge in [-0.3, -0.25) is 4.79 Å². The maximum Gasteiger partial charge on any atom is 0.343 e. The lowest BCUT2D eigenvalue weighted by Crippen LogP contribution is -2.10. The molecule has 0 aliphatic heterocycles. The molecule has 7 heteroatoms. The Morgan fingerprint density at radius 3 is 2.33 bits per heavy atom. The largest absolute Gasteiger partial charge is 0.504 e. The molecule has 3 aromatic carbocycles. The number of ketones is 1. The van der Waals surface area contributed by atoms with Gasteiger partial charge in [-0.2, -0.15) is 4.39 Å². The van der Waals surface area contributed by atoms with Crippen molar-refractivity contribution in [2.45, 2.75) is 33.1 Å². The first kappa shape index (κ1) is 23.9. The number of rotatable bonds is 9. The summed E-state index contributed by atoms with van der Waals surface area (Å²) in [5, 5.41) is 10.0. The second kappa shape index (κ2) is 10.7. The first-order valence-corrected chi connectivity index (χ1v) is 10.6. The molecule has 3 rings (SSSR count).